The highest BCUT2D eigenvalue weighted by Crippen LogP contribution is 2.16. The van der Waals surface area contributed by atoms with E-state index in [0.29, 0.717) is 5.41 Å². The lowest BCUT2D eigenvalue weighted by atomic mass is 10.7. The number of halogens is 3. The summed E-state index contributed by atoms with van der Waals surface area (Å²) in [5, 5.41) is 0.554. The van der Waals surface area contributed by atoms with Crippen LogP contribution in [-0.4, -0.2) is 21.2 Å². The van der Waals surface area contributed by atoms with Crippen LogP contribution in [0.2, 0.25) is 0 Å². The molecule has 0 radical (unpaired) electrons. The summed E-state index contributed by atoms with van der Waals surface area (Å²) < 4.78 is 58.8. The zero-order chi connectivity index (χ0) is 9.83. The van der Waals surface area contributed by atoms with E-state index in [1.165, 1.54) is 6.92 Å². The molecule has 0 heterocycles. The third-order valence-corrected chi connectivity index (χ3v) is 1.74. The maximum Gasteiger partial charge on any atom is 0.413 e. The van der Waals surface area contributed by atoms with Gasteiger partial charge in [-0.05, 0) is 6.92 Å². The van der Waals surface area contributed by atoms with E-state index >= 15 is 0 Å². The van der Waals surface area contributed by atoms with Gasteiger partial charge in [0.15, 0.2) is 6.61 Å². The van der Waals surface area contributed by atoms with Gasteiger partial charge in [-0.3, -0.25) is 4.18 Å². The van der Waals surface area contributed by atoms with Crippen molar-refractivity contribution in [2.45, 2.75) is 13.1 Å². The Hall–Kier alpha value is -0.560. The molecule has 0 N–H and O–H groups in total. The summed E-state index contributed by atoms with van der Waals surface area (Å²) in [6.07, 6.45) is -3.56. The summed E-state index contributed by atoms with van der Waals surface area (Å²) in [6.45, 7) is -0.436. The fourth-order valence-corrected chi connectivity index (χ4v) is 1.06. The lowest BCUT2D eigenvalue weighted by Gasteiger charge is -2.04. The number of rotatable bonds is 3. The summed E-state index contributed by atoms with van der Waals surface area (Å²) in [5.41, 5.74) is 0. The van der Waals surface area contributed by atoms with Gasteiger partial charge in [0.05, 0.1) is 5.41 Å². The normalized spacial score (nSPS) is 14.0. The fraction of sp³-hybridized carbons (Fsp3) is 0.600. The molecule has 0 unspecified atom stereocenters. The molecule has 0 amide bonds. The van der Waals surface area contributed by atoms with Crippen molar-refractivity contribution >= 4 is 10.1 Å². The van der Waals surface area contributed by atoms with Crippen molar-refractivity contribution in [2.24, 2.45) is 0 Å². The second-order valence-corrected chi connectivity index (χ2v) is 3.33. The number of allylic oxidation sites excluding steroid dienone is 1. The fourth-order valence-electron chi connectivity index (χ4n) is 0.355. The summed E-state index contributed by atoms with van der Waals surface area (Å²) >= 11 is 0. The molecule has 0 bridgehead atoms. The van der Waals surface area contributed by atoms with Crippen molar-refractivity contribution in [3.8, 4) is 0 Å². The maximum atomic E-state index is 11.4. The molecule has 0 aliphatic rings. The van der Waals surface area contributed by atoms with Crippen LogP contribution in [-0.2, 0) is 14.3 Å². The van der Waals surface area contributed by atoms with Gasteiger partial charge >= 0.3 is 6.18 Å². The minimum atomic E-state index is -4.63. The molecular formula is C5H7F3O3S. The van der Waals surface area contributed by atoms with E-state index in [1.54, 1.807) is 0 Å². The molecular weight excluding hydrogens is 197 g/mol. The van der Waals surface area contributed by atoms with Crippen molar-refractivity contribution in [1.29, 1.82) is 0 Å². The third kappa shape index (κ3) is 6.17. The first-order valence-electron chi connectivity index (χ1n) is 2.86. The van der Waals surface area contributed by atoms with Crippen molar-refractivity contribution in [3.63, 3.8) is 0 Å². The Kier molecular flexibility index (Phi) is 3.72. The van der Waals surface area contributed by atoms with Gasteiger partial charge in [-0.15, -0.1) is 0 Å². The van der Waals surface area contributed by atoms with Gasteiger partial charge in [-0.1, -0.05) is 6.08 Å². The second kappa shape index (κ2) is 3.90. The summed E-state index contributed by atoms with van der Waals surface area (Å²) in [6, 6.07) is 0. The highest BCUT2D eigenvalue weighted by Gasteiger charge is 2.30. The van der Waals surface area contributed by atoms with Gasteiger partial charge in [0, 0.05) is 0 Å². The lowest BCUT2D eigenvalue weighted by molar-refractivity contribution is -0.152. The molecule has 3 nitrogen and oxygen atoms in total. The van der Waals surface area contributed by atoms with Crippen LogP contribution in [0.3, 0.4) is 0 Å². The van der Waals surface area contributed by atoms with Gasteiger partial charge in [0.2, 0.25) is 0 Å². The predicted octanol–water partition coefficient (Wildman–Crippen LogP) is 1.43. The number of hydrogen-bond donors (Lipinski definition) is 0. The van der Waals surface area contributed by atoms with Crippen LogP contribution < -0.4 is 0 Å². The Balaban J connectivity index is 4.12. The molecule has 0 atom stereocenters. The first kappa shape index (κ1) is 11.4. The number of hydrogen-bond acceptors (Lipinski definition) is 3. The summed E-state index contributed by atoms with van der Waals surface area (Å²) in [7, 11) is -4.17. The molecule has 0 aliphatic heterocycles. The Bertz CT molecular complexity index is 252. The van der Waals surface area contributed by atoms with E-state index < -0.39 is 22.9 Å². The minimum absolute atomic E-state index is 0.554. The highest BCUT2D eigenvalue weighted by atomic mass is 32.2. The largest absolute Gasteiger partial charge is 0.413 e. The van der Waals surface area contributed by atoms with E-state index in [4.69, 9.17) is 0 Å². The first-order chi connectivity index (χ1) is 5.27. The van der Waals surface area contributed by atoms with E-state index in [1.807, 2.05) is 0 Å². The maximum absolute atomic E-state index is 11.4. The summed E-state index contributed by atoms with van der Waals surface area (Å²) in [5.74, 6) is 0. The smallest absolute Gasteiger partial charge is 0.257 e. The van der Waals surface area contributed by atoms with Crippen LogP contribution in [0.15, 0.2) is 11.5 Å². The molecule has 0 rings (SSSR count). The molecule has 0 saturated heterocycles. The molecule has 0 aromatic carbocycles. The standard InChI is InChI=1S/C5H7F3O3S/c1-2-3-12(9,10)11-4-5(6,7)8/h2-3H,4H2,1H3/b3-2-. The molecule has 72 valence electrons. The monoisotopic (exact) mass is 204 g/mol. The SMILES string of the molecule is C/C=C\S(=O)(=O)OCC(F)(F)F. The van der Waals surface area contributed by atoms with Crippen molar-refractivity contribution in [1.82, 2.24) is 0 Å². The molecule has 0 aliphatic carbocycles. The Morgan fingerprint density at radius 3 is 2.25 bits per heavy atom. The van der Waals surface area contributed by atoms with E-state index in [2.05, 4.69) is 4.18 Å². The van der Waals surface area contributed by atoms with Gasteiger partial charge in [-0.25, -0.2) is 0 Å². The molecule has 0 fully saturated rings. The number of alkyl halides is 3. The van der Waals surface area contributed by atoms with Gasteiger partial charge in [0.1, 0.15) is 0 Å². The average Bonchev–Trinajstić information content (AvgIpc) is 1.83. The topological polar surface area (TPSA) is 43.4 Å². The van der Waals surface area contributed by atoms with E-state index in [-0.39, 0.29) is 0 Å². The molecule has 12 heavy (non-hydrogen) atoms. The lowest BCUT2D eigenvalue weighted by Crippen LogP contribution is -2.19. The quantitative estimate of drug-likeness (QED) is 0.653. The molecule has 0 aromatic rings. The van der Waals surface area contributed by atoms with Crippen LogP contribution in [0.1, 0.15) is 6.92 Å². The average molecular weight is 204 g/mol. The van der Waals surface area contributed by atoms with Crippen molar-refractivity contribution in [3.05, 3.63) is 11.5 Å². The van der Waals surface area contributed by atoms with Crippen LogP contribution in [0.4, 0.5) is 13.2 Å². The molecule has 0 spiro atoms. The molecule has 0 saturated carbocycles. The zero-order valence-corrected chi connectivity index (χ0v) is 6.95. The summed E-state index contributed by atoms with van der Waals surface area (Å²) in [4.78, 5) is 0. The van der Waals surface area contributed by atoms with Crippen LogP contribution >= 0.6 is 0 Å². The van der Waals surface area contributed by atoms with Gasteiger partial charge in [-0.2, -0.15) is 21.6 Å². The van der Waals surface area contributed by atoms with Crippen LogP contribution in [0, 0.1) is 0 Å². The van der Waals surface area contributed by atoms with E-state index in [0.717, 1.165) is 6.08 Å². The Morgan fingerprint density at radius 2 is 1.92 bits per heavy atom. The second-order valence-electron chi connectivity index (χ2n) is 1.84. The highest BCUT2D eigenvalue weighted by molar-refractivity contribution is 7.89. The predicted molar refractivity (Wildman–Crippen MR) is 35.7 cm³/mol. The van der Waals surface area contributed by atoms with Crippen LogP contribution in [0.5, 0.6) is 0 Å². The van der Waals surface area contributed by atoms with Crippen molar-refractivity contribution in [2.75, 3.05) is 6.61 Å². The Labute approximate surface area is 68.0 Å². The van der Waals surface area contributed by atoms with Gasteiger partial charge < -0.3 is 0 Å². The van der Waals surface area contributed by atoms with Crippen molar-refractivity contribution < 1.29 is 25.8 Å². The molecule has 0 aromatic heterocycles. The van der Waals surface area contributed by atoms with Gasteiger partial charge in [0.25, 0.3) is 10.1 Å². The Morgan fingerprint density at radius 1 is 1.42 bits per heavy atom. The minimum Gasteiger partial charge on any atom is -0.257 e. The van der Waals surface area contributed by atoms with Crippen LogP contribution in [0.25, 0.3) is 0 Å². The first-order valence-corrected chi connectivity index (χ1v) is 4.33. The van der Waals surface area contributed by atoms with E-state index in [9.17, 15) is 21.6 Å². The zero-order valence-electron chi connectivity index (χ0n) is 6.13. The molecule has 7 heteroatoms. The third-order valence-electron chi connectivity index (χ3n) is 0.690.